The van der Waals surface area contributed by atoms with Crippen LogP contribution in [0.15, 0.2) is 0 Å². The Morgan fingerprint density at radius 3 is 0.727 bits per heavy atom. The Balaban J connectivity index is 3.35. The summed E-state index contributed by atoms with van der Waals surface area (Å²) in [7, 11) is 0. The molecule has 0 fully saturated rings. The van der Waals surface area contributed by atoms with Crippen molar-refractivity contribution in [3.63, 3.8) is 0 Å². The Hall–Kier alpha value is 0. The highest BCUT2D eigenvalue weighted by Crippen LogP contribution is 2.23. The Kier molecular flexibility index (Phi) is 30.0. The van der Waals surface area contributed by atoms with Gasteiger partial charge >= 0.3 is 0 Å². The van der Waals surface area contributed by atoms with Crippen molar-refractivity contribution in [3.05, 3.63) is 0 Å². The van der Waals surface area contributed by atoms with Crippen molar-refractivity contribution in [1.29, 1.82) is 0 Å². The van der Waals surface area contributed by atoms with Crippen LogP contribution in [0.3, 0.4) is 0 Å². The molecule has 0 saturated heterocycles. The third kappa shape index (κ3) is 28.1. The summed E-state index contributed by atoms with van der Waals surface area (Å²) in [5, 5.41) is 0. The molecule has 0 spiro atoms. The molecule has 0 nitrogen and oxygen atoms in total. The Morgan fingerprint density at radius 2 is 0.485 bits per heavy atom. The lowest BCUT2D eigenvalue weighted by molar-refractivity contribution is 0.376. The van der Waals surface area contributed by atoms with Gasteiger partial charge in [0.2, 0.25) is 0 Å². The number of rotatable bonds is 29. The maximum absolute atomic E-state index is 2.39. The molecule has 0 saturated carbocycles. The molecule has 33 heavy (non-hydrogen) atoms. The molecular formula is C33H68. The number of hydrogen-bond acceptors (Lipinski definition) is 0. The summed E-state index contributed by atoms with van der Waals surface area (Å²) in [5.74, 6) is 1.03. The quantitative estimate of drug-likeness (QED) is 0.0965. The number of unbranched alkanes of at least 4 members (excludes halogenated alkanes) is 23. The Morgan fingerprint density at radius 1 is 0.242 bits per heavy atom. The van der Waals surface area contributed by atoms with Gasteiger partial charge in [0.05, 0.1) is 0 Å². The van der Waals surface area contributed by atoms with Gasteiger partial charge < -0.3 is 0 Å². The fourth-order valence-electron chi connectivity index (χ4n) is 5.57. The van der Waals surface area contributed by atoms with E-state index in [2.05, 4.69) is 20.8 Å². The second kappa shape index (κ2) is 30.0. The monoisotopic (exact) mass is 465 g/mol. The predicted molar refractivity (Wildman–Crippen MR) is 154 cm³/mol. The van der Waals surface area contributed by atoms with E-state index in [1.165, 1.54) is 186 Å². The molecule has 1 unspecified atom stereocenters. The smallest absolute Gasteiger partial charge is 0.0414 e. The van der Waals surface area contributed by atoms with Gasteiger partial charge in [-0.3, -0.25) is 0 Å². The van der Waals surface area contributed by atoms with Crippen LogP contribution in [-0.2, 0) is 0 Å². The SMILES string of the molecule is CCCCCCCCCCCCCCCCCCC(CCC)CCCCCCCCCCC. The molecule has 0 bridgehead atoms. The second-order valence-electron chi connectivity index (χ2n) is 11.4. The van der Waals surface area contributed by atoms with Crippen LogP contribution in [0, 0.1) is 5.92 Å². The van der Waals surface area contributed by atoms with Crippen molar-refractivity contribution in [2.45, 2.75) is 207 Å². The molecule has 0 aliphatic carbocycles. The first kappa shape index (κ1) is 33.0. The van der Waals surface area contributed by atoms with Crippen LogP contribution >= 0.6 is 0 Å². The van der Waals surface area contributed by atoms with Crippen LogP contribution < -0.4 is 0 Å². The van der Waals surface area contributed by atoms with Crippen molar-refractivity contribution < 1.29 is 0 Å². The fraction of sp³-hybridized carbons (Fsp3) is 1.00. The maximum Gasteiger partial charge on any atom is -0.0414 e. The summed E-state index contributed by atoms with van der Waals surface area (Å²) in [6, 6.07) is 0. The van der Waals surface area contributed by atoms with E-state index in [4.69, 9.17) is 0 Å². The van der Waals surface area contributed by atoms with Gasteiger partial charge in [-0.05, 0) is 5.92 Å². The minimum atomic E-state index is 1.03. The molecule has 0 aliphatic rings. The van der Waals surface area contributed by atoms with Crippen LogP contribution in [-0.4, -0.2) is 0 Å². The molecule has 0 aromatic rings. The second-order valence-corrected chi connectivity index (χ2v) is 11.4. The van der Waals surface area contributed by atoms with Gasteiger partial charge in [0.25, 0.3) is 0 Å². The van der Waals surface area contributed by atoms with Crippen molar-refractivity contribution in [3.8, 4) is 0 Å². The first-order chi connectivity index (χ1) is 16.3. The van der Waals surface area contributed by atoms with Gasteiger partial charge in [0, 0.05) is 0 Å². The third-order valence-corrected chi connectivity index (χ3v) is 7.88. The Labute approximate surface area is 212 Å². The van der Waals surface area contributed by atoms with Gasteiger partial charge in [0.15, 0.2) is 0 Å². The first-order valence-electron chi connectivity index (χ1n) is 16.3. The fourth-order valence-corrected chi connectivity index (χ4v) is 5.57. The van der Waals surface area contributed by atoms with E-state index in [-0.39, 0.29) is 0 Å². The summed E-state index contributed by atoms with van der Waals surface area (Å²) in [6.45, 7) is 7.01. The highest BCUT2D eigenvalue weighted by molar-refractivity contribution is 4.61. The van der Waals surface area contributed by atoms with Crippen molar-refractivity contribution in [2.24, 2.45) is 5.92 Å². The first-order valence-corrected chi connectivity index (χ1v) is 16.3. The summed E-state index contributed by atoms with van der Waals surface area (Å²) in [4.78, 5) is 0. The lowest BCUT2D eigenvalue weighted by atomic mass is 9.90. The lowest BCUT2D eigenvalue weighted by Crippen LogP contribution is -2.00. The van der Waals surface area contributed by atoms with E-state index in [9.17, 15) is 0 Å². The van der Waals surface area contributed by atoms with Crippen LogP contribution in [0.1, 0.15) is 207 Å². The summed E-state index contributed by atoms with van der Waals surface area (Å²) in [5.41, 5.74) is 0. The van der Waals surface area contributed by atoms with Crippen molar-refractivity contribution in [1.82, 2.24) is 0 Å². The highest BCUT2D eigenvalue weighted by Gasteiger charge is 2.07. The van der Waals surface area contributed by atoms with Gasteiger partial charge in [-0.2, -0.15) is 0 Å². The third-order valence-electron chi connectivity index (χ3n) is 7.88. The minimum absolute atomic E-state index is 1.03. The molecule has 0 rings (SSSR count). The van der Waals surface area contributed by atoms with Gasteiger partial charge in [-0.15, -0.1) is 0 Å². The molecular weight excluding hydrogens is 396 g/mol. The molecule has 0 N–H and O–H groups in total. The zero-order chi connectivity index (χ0) is 24.1. The summed E-state index contributed by atoms with van der Waals surface area (Å²) >= 11 is 0. The molecule has 0 amide bonds. The summed E-state index contributed by atoms with van der Waals surface area (Å²) in [6.07, 6.45) is 42.8. The molecule has 0 aromatic heterocycles. The zero-order valence-corrected chi connectivity index (χ0v) is 24.1. The average molecular weight is 465 g/mol. The maximum atomic E-state index is 2.39. The predicted octanol–water partition coefficient (Wildman–Crippen LogP) is 13.0. The van der Waals surface area contributed by atoms with Gasteiger partial charge in [-0.25, -0.2) is 0 Å². The van der Waals surface area contributed by atoms with E-state index < -0.39 is 0 Å². The molecule has 0 aliphatic heterocycles. The molecule has 0 heterocycles. The van der Waals surface area contributed by atoms with E-state index in [0.29, 0.717) is 0 Å². The van der Waals surface area contributed by atoms with Crippen LogP contribution in [0.5, 0.6) is 0 Å². The standard InChI is InChI=1S/C33H68/c1-4-7-9-11-13-15-16-17-18-19-20-21-23-25-27-29-32-33(30-6-3)31-28-26-24-22-14-12-10-8-5-2/h33H,4-32H2,1-3H3. The van der Waals surface area contributed by atoms with Crippen LogP contribution in [0.4, 0.5) is 0 Å². The van der Waals surface area contributed by atoms with E-state index in [1.807, 2.05) is 0 Å². The van der Waals surface area contributed by atoms with E-state index in [1.54, 1.807) is 0 Å². The van der Waals surface area contributed by atoms with E-state index >= 15 is 0 Å². The molecule has 0 heteroatoms. The Bertz CT molecular complexity index is 320. The average Bonchev–Trinajstić information content (AvgIpc) is 2.82. The molecule has 200 valence electrons. The van der Waals surface area contributed by atoms with Crippen LogP contribution in [0.25, 0.3) is 0 Å². The lowest BCUT2D eigenvalue weighted by Gasteiger charge is -2.16. The number of hydrogen-bond donors (Lipinski definition) is 0. The van der Waals surface area contributed by atoms with Crippen molar-refractivity contribution in [2.75, 3.05) is 0 Å². The minimum Gasteiger partial charge on any atom is -0.0654 e. The highest BCUT2D eigenvalue weighted by atomic mass is 14.1. The summed E-state index contributed by atoms with van der Waals surface area (Å²) < 4.78 is 0. The molecule has 1 atom stereocenters. The topological polar surface area (TPSA) is 0 Å². The largest absolute Gasteiger partial charge is 0.0654 e. The molecule has 0 radical (unpaired) electrons. The molecule has 0 aromatic carbocycles. The zero-order valence-electron chi connectivity index (χ0n) is 24.1. The van der Waals surface area contributed by atoms with Gasteiger partial charge in [-0.1, -0.05) is 207 Å². The van der Waals surface area contributed by atoms with E-state index in [0.717, 1.165) is 5.92 Å². The van der Waals surface area contributed by atoms with Crippen molar-refractivity contribution >= 4 is 0 Å². The van der Waals surface area contributed by atoms with Gasteiger partial charge in [0.1, 0.15) is 0 Å². The normalized spacial score (nSPS) is 12.5. The van der Waals surface area contributed by atoms with Crippen LogP contribution in [0.2, 0.25) is 0 Å².